The van der Waals surface area contributed by atoms with Crippen molar-refractivity contribution in [2.75, 3.05) is 58.4 Å². The number of hydrogen-bond acceptors (Lipinski definition) is 5. The van der Waals surface area contributed by atoms with Crippen LogP contribution in [0.1, 0.15) is 12.0 Å². The zero-order chi connectivity index (χ0) is 22.1. The van der Waals surface area contributed by atoms with E-state index < -0.39 is 0 Å². The second-order valence-corrected chi connectivity index (χ2v) is 7.86. The van der Waals surface area contributed by atoms with Crippen LogP contribution >= 0.6 is 35.6 Å². The molecule has 1 heterocycles. The third-order valence-electron chi connectivity index (χ3n) is 5.40. The number of nitrogens with one attached hydrogen (secondary N) is 1. The molecular formula is C23H33ClIN5O2. The second kappa shape index (κ2) is 13.6. The average molecular weight is 574 g/mol. The first kappa shape index (κ1) is 26.3. The van der Waals surface area contributed by atoms with Crippen molar-refractivity contribution in [2.45, 2.75) is 13.0 Å². The lowest BCUT2D eigenvalue weighted by molar-refractivity contribution is 0.255. The maximum absolute atomic E-state index is 6.32. The molecule has 1 aliphatic heterocycles. The second-order valence-electron chi connectivity index (χ2n) is 7.45. The van der Waals surface area contributed by atoms with Gasteiger partial charge in [0.2, 0.25) is 0 Å². The Kier molecular flexibility index (Phi) is 11.2. The molecule has 0 saturated carbocycles. The third-order valence-corrected chi connectivity index (χ3v) is 5.72. The fraction of sp³-hybridized carbons (Fsp3) is 0.435. The van der Waals surface area contributed by atoms with Gasteiger partial charge in [0, 0.05) is 32.7 Å². The molecule has 0 radical (unpaired) electrons. The lowest BCUT2D eigenvalue weighted by atomic mass is 10.2. The van der Waals surface area contributed by atoms with Crippen LogP contribution in [0, 0.1) is 0 Å². The predicted molar refractivity (Wildman–Crippen MR) is 143 cm³/mol. The number of anilines is 1. The van der Waals surface area contributed by atoms with E-state index in [0.29, 0.717) is 24.0 Å². The summed E-state index contributed by atoms with van der Waals surface area (Å²) in [4.78, 5) is 9.25. The number of benzene rings is 2. The van der Waals surface area contributed by atoms with Gasteiger partial charge in [-0.15, -0.1) is 24.0 Å². The summed E-state index contributed by atoms with van der Waals surface area (Å²) in [5.74, 6) is 1.85. The Balaban J connectivity index is 0.00000363. The van der Waals surface area contributed by atoms with Crippen molar-refractivity contribution in [3.8, 4) is 11.5 Å². The number of rotatable bonds is 9. The van der Waals surface area contributed by atoms with Crippen molar-refractivity contribution in [1.82, 2.24) is 10.2 Å². The van der Waals surface area contributed by atoms with Crippen molar-refractivity contribution < 1.29 is 9.47 Å². The van der Waals surface area contributed by atoms with Gasteiger partial charge in [0.1, 0.15) is 0 Å². The number of halogens is 2. The van der Waals surface area contributed by atoms with Crippen LogP contribution in [-0.2, 0) is 6.54 Å². The van der Waals surface area contributed by atoms with E-state index in [9.17, 15) is 0 Å². The first-order valence-corrected chi connectivity index (χ1v) is 10.9. The van der Waals surface area contributed by atoms with Gasteiger partial charge < -0.3 is 25.4 Å². The van der Waals surface area contributed by atoms with Crippen LogP contribution in [0.5, 0.6) is 11.5 Å². The minimum atomic E-state index is 0. The lowest BCUT2D eigenvalue weighted by Crippen LogP contribution is -2.47. The van der Waals surface area contributed by atoms with Gasteiger partial charge in [0.25, 0.3) is 0 Å². The van der Waals surface area contributed by atoms with Gasteiger partial charge >= 0.3 is 0 Å². The number of aliphatic imine (C=N–C) groups is 1. The Labute approximate surface area is 212 Å². The van der Waals surface area contributed by atoms with Gasteiger partial charge in [0.05, 0.1) is 31.5 Å². The first-order chi connectivity index (χ1) is 15.1. The zero-order valence-corrected chi connectivity index (χ0v) is 21.8. The van der Waals surface area contributed by atoms with E-state index in [2.05, 4.69) is 26.2 Å². The van der Waals surface area contributed by atoms with Crippen molar-refractivity contribution >= 4 is 47.2 Å². The van der Waals surface area contributed by atoms with Crippen LogP contribution < -0.4 is 25.4 Å². The topological polar surface area (TPSA) is 75.4 Å². The highest BCUT2D eigenvalue weighted by molar-refractivity contribution is 14.0. The largest absolute Gasteiger partial charge is 0.493 e. The van der Waals surface area contributed by atoms with Crippen LogP contribution in [0.2, 0.25) is 5.02 Å². The molecule has 9 heteroatoms. The number of guanidine groups is 1. The highest BCUT2D eigenvalue weighted by Gasteiger charge is 2.18. The number of methoxy groups -OCH3 is 2. The van der Waals surface area contributed by atoms with Crippen LogP contribution in [-0.4, -0.2) is 64.3 Å². The maximum Gasteiger partial charge on any atom is 0.188 e. The summed E-state index contributed by atoms with van der Waals surface area (Å²) >= 11 is 6.32. The van der Waals surface area contributed by atoms with E-state index >= 15 is 0 Å². The molecule has 0 bridgehead atoms. The van der Waals surface area contributed by atoms with Crippen LogP contribution in [0.4, 0.5) is 5.69 Å². The fourth-order valence-electron chi connectivity index (χ4n) is 3.65. The van der Waals surface area contributed by atoms with E-state index in [-0.39, 0.29) is 24.0 Å². The molecule has 1 saturated heterocycles. The zero-order valence-electron chi connectivity index (χ0n) is 18.7. The lowest BCUT2D eigenvalue weighted by Gasteiger charge is -2.36. The summed E-state index contributed by atoms with van der Waals surface area (Å²) < 4.78 is 10.6. The Hall–Kier alpha value is -1.91. The van der Waals surface area contributed by atoms with Gasteiger partial charge in [-0.1, -0.05) is 29.8 Å². The Morgan fingerprint density at radius 1 is 1.06 bits per heavy atom. The molecular weight excluding hydrogens is 541 g/mol. The molecule has 0 atom stereocenters. The summed E-state index contributed by atoms with van der Waals surface area (Å²) in [6, 6.07) is 13.8. The van der Waals surface area contributed by atoms with Gasteiger partial charge in [-0.05, 0) is 42.8 Å². The van der Waals surface area contributed by atoms with E-state index in [1.165, 1.54) is 0 Å². The average Bonchev–Trinajstić information content (AvgIpc) is 2.81. The van der Waals surface area contributed by atoms with E-state index in [1.54, 1.807) is 14.2 Å². The minimum Gasteiger partial charge on any atom is -0.493 e. The fourth-order valence-corrected chi connectivity index (χ4v) is 3.91. The highest BCUT2D eigenvalue weighted by atomic mass is 127. The number of piperazine rings is 1. The van der Waals surface area contributed by atoms with Gasteiger partial charge in [-0.3, -0.25) is 4.90 Å². The molecule has 0 unspecified atom stereocenters. The van der Waals surface area contributed by atoms with Crippen LogP contribution in [0.15, 0.2) is 47.5 Å². The Bertz CT molecular complexity index is 875. The minimum absolute atomic E-state index is 0. The molecule has 2 aromatic rings. The van der Waals surface area contributed by atoms with Crippen molar-refractivity contribution in [2.24, 2.45) is 10.7 Å². The maximum atomic E-state index is 6.32. The number of hydrogen-bond donors (Lipinski definition) is 2. The number of ether oxygens (including phenoxy) is 2. The molecule has 0 aliphatic carbocycles. The number of nitrogens with two attached hydrogens (primary N) is 1. The molecule has 1 fully saturated rings. The summed E-state index contributed by atoms with van der Waals surface area (Å²) in [6.07, 6.45) is 1.01. The van der Waals surface area contributed by atoms with Crippen LogP contribution in [0.3, 0.4) is 0 Å². The van der Waals surface area contributed by atoms with Crippen molar-refractivity contribution in [1.29, 1.82) is 0 Å². The summed E-state index contributed by atoms with van der Waals surface area (Å²) in [6.45, 7) is 6.38. The number of nitrogens with zero attached hydrogens (tertiary/aromatic N) is 3. The molecule has 0 amide bonds. The molecule has 32 heavy (non-hydrogen) atoms. The summed E-state index contributed by atoms with van der Waals surface area (Å²) in [5.41, 5.74) is 8.16. The predicted octanol–water partition coefficient (Wildman–Crippen LogP) is 3.59. The molecule has 7 nitrogen and oxygen atoms in total. The smallest absolute Gasteiger partial charge is 0.188 e. The molecule has 1 aliphatic rings. The first-order valence-electron chi connectivity index (χ1n) is 10.6. The van der Waals surface area contributed by atoms with E-state index in [1.807, 2.05) is 36.4 Å². The van der Waals surface area contributed by atoms with Crippen molar-refractivity contribution in [3.05, 3.63) is 53.1 Å². The molecule has 176 valence electrons. The highest BCUT2D eigenvalue weighted by Crippen LogP contribution is 2.28. The van der Waals surface area contributed by atoms with E-state index in [0.717, 1.165) is 62.0 Å². The standard InChI is InChI=1S/C23H32ClN5O2.HI/c1-30-21-9-8-18(16-22(21)31-2)17-27-23(25)26-10-5-11-28-12-14-29(15-13-28)20-7-4-3-6-19(20)24;/h3-4,6-9,16H,5,10-15,17H2,1-2H3,(H3,25,26,27);1H. The molecule has 0 spiro atoms. The van der Waals surface area contributed by atoms with Gasteiger partial charge in [0.15, 0.2) is 17.5 Å². The Morgan fingerprint density at radius 3 is 2.47 bits per heavy atom. The Morgan fingerprint density at radius 2 is 1.78 bits per heavy atom. The molecule has 3 N–H and O–H groups in total. The summed E-state index contributed by atoms with van der Waals surface area (Å²) in [5, 5.41) is 4.03. The van der Waals surface area contributed by atoms with Crippen molar-refractivity contribution in [3.63, 3.8) is 0 Å². The van der Waals surface area contributed by atoms with Gasteiger partial charge in [-0.25, -0.2) is 4.99 Å². The third kappa shape index (κ3) is 7.60. The van der Waals surface area contributed by atoms with Gasteiger partial charge in [-0.2, -0.15) is 0 Å². The monoisotopic (exact) mass is 573 g/mol. The normalized spacial score (nSPS) is 14.6. The summed E-state index contributed by atoms with van der Waals surface area (Å²) in [7, 11) is 3.24. The quantitative estimate of drug-likeness (QED) is 0.207. The van der Waals surface area contributed by atoms with Crippen LogP contribution in [0.25, 0.3) is 0 Å². The molecule has 2 aromatic carbocycles. The molecule has 0 aromatic heterocycles. The number of para-hydroxylation sites is 1. The molecule has 3 rings (SSSR count). The van der Waals surface area contributed by atoms with E-state index in [4.69, 9.17) is 26.8 Å². The SMILES string of the molecule is COc1ccc(CN=C(N)NCCCN2CCN(c3ccccc3Cl)CC2)cc1OC.I.